The number of esters is 3. The molecule has 0 radical (unpaired) electrons. The van der Waals surface area contributed by atoms with E-state index in [1.165, 1.54) is 89.9 Å². The number of carbonyl (C=O) groups is 3. The van der Waals surface area contributed by atoms with Crippen molar-refractivity contribution in [1.82, 2.24) is 0 Å². The van der Waals surface area contributed by atoms with Crippen LogP contribution >= 0.6 is 0 Å². The van der Waals surface area contributed by atoms with Gasteiger partial charge in [0.15, 0.2) is 6.10 Å². The summed E-state index contributed by atoms with van der Waals surface area (Å²) >= 11 is 0. The highest BCUT2D eigenvalue weighted by Gasteiger charge is 2.19. The summed E-state index contributed by atoms with van der Waals surface area (Å²) in [5, 5.41) is 0. The van der Waals surface area contributed by atoms with Gasteiger partial charge in [-0.25, -0.2) is 0 Å². The number of carbonyl (C=O) groups excluding carboxylic acids is 3. The van der Waals surface area contributed by atoms with Gasteiger partial charge in [0.2, 0.25) is 0 Å². The van der Waals surface area contributed by atoms with Crippen LogP contribution in [0.3, 0.4) is 0 Å². The maximum Gasteiger partial charge on any atom is 0.306 e. The van der Waals surface area contributed by atoms with E-state index in [4.69, 9.17) is 14.2 Å². The Kier molecular flexibility index (Phi) is 64.9. The molecule has 0 fully saturated rings. The molecular weight excluding hydrogens is 1020 g/mol. The van der Waals surface area contributed by atoms with Crippen LogP contribution < -0.4 is 0 Å². The molecule has 0 spiro atoms. The second kappa shape index (κ2) is 69.3. The first-order chi connectivity index (χ1) is 41.0. The average Bonchev–Trinajstić information content (AvgIpc) is 3.49. The first-order valence-electron chi connectivity index (χ1n) is 33.6. The van der Waals surface area contributed by atoms with E-state index in [2.05, 4.69) is 191 Å². The zero-order valence-electron chi connectivity index (χ0n) is 53.4. The topological polar surface area (TPSA) is 78.9 Å². The van der Waals surface area contributed by atoms with Crippen molar-refractivity contribution in [3.05, 3.63) is 170 Å². The highest BCUT2D eigenvalue weighted by atomic mass is 16.6. The van der Waals surface area contributed by atoms with Crippen molar-refractivity contribution in [2.75, 3.05) is 13.2 Å². The molecule has 0 rings (SSSR count). The van der Waals surface area contributed by atoms with E-state index in [1.807, 2.05) is 0 Å². The first-order valence-corrected chi connectivity index (χ1v) is 33.6. The summed E-state index contributed by atoms with van der Waals surface area (Å²) in [6.07, 6.45) is 102. The summed E-state index contributed by atoms with van der Waals surface area (Å²) < 4.78 is 16.9. The number of unbranched alkanes of at least 4 members (excludes halogenated alkanes) is 20. The molecule has 83 heavy (non-hydrogen) atoms. The quantitative estimate of drug-likeness (QED) is 0.0261. The molecule has 0 aliphatic heterocycles. The van der Waals surface area contributed by atoms with Gasteiger partial charge in [-0.05, 0) is 128 Å². The lowest BCUT2D eigenvalue weighted by Gasteiger charge is -2.18. The fraction of sp³-hybridized carbons (Fsp3) is 0.597. The second-order valence-electron chi connectivity index (χ2n) is 21.6. The summed E-state index contributed by atoms with van der Waals surface area (Å²) in [5.74, 6) is -1.01. The van der Waals surface area contributed by atoms with Gasteiger partial charge in [0.25, 0.3) is 0 Å². The third-order valence-corrected chi connectivity index (χ3v) is 13.7. The maximum atomic E-state index is 12.9. The molecular formula is C77H122O6. The van der Waals surface area contributed by atoms with Gasteiger partial charge in [-0.1, -0.05) is 300 Å². The van der Waals surface area contributed by atoms with E-state index in [0.29, 0.717) is 19.3 Å². The lowest BCUT2D eigenvalue weighted by atomic mass is 10.0. The summed E-state index contributed by atoms with van der Waals surface area (Å²) in [7, 11) is 0. The normalized spacial score (nSPS) is 13.2. The van der Waals surface area contributed by atoms with Gasteiger partial charge in [-0.3, -0.25) is 14.4 Å². The first kappa shape index (κ1) is 77.8. The lowest BCUT2D eigenvalue weighted by Crippen LogP contribution is -2.30. The van der Waals surface area contributed by atoms with Crippen LogP contribution in [-0.4, -0.2) is 37.2 Å². The zero-order chi connectivity index (χ0) is 59.9. The minimum absolute atomic E-state index is 0.116. The molecule has 466 valence electrons. The van der Waals surface area contributed by atoms with Crippen molar-refractivity contribution in [2.24, 2.45) is 0 Å². The highest BCUT2D eigenvalue weighted by Crippen LogP contribution is 2.15. The van der Waals surface area contributed by atoms with Gasteiger partial charge in [-0.15, -0.1) is 0 Å². The number of ether oxygens (including phenoxy) is 3. The SMILES string of the molecule is CC/C=C\C/C=C\C/C=C\C/C=C\C/C=C\C/C=C\C/C=C\C/C=C\C/C=C\CCCCCC(=O)OCC(COC(=O)CCCCCCCCCCCCCCCCCCC)OC(=O)CCC/C=C\C/C=C\C/C=C\C/C=C\C/C=C\CC. The van der Waals surface area contributed by atoms with E-state index in [1.54, 1.807) is 0 Å². The minimum Gasteiger partial charge on any atom is -0.462 e. The Morgan fingerprint density at radius 1 is 0.253 bits per heavy atom. The molecule has 0 bridgehead atoms. The van der Waals surface area contributed by atoms with Crippen LogP contribution in [0.2, 0.25) is 0 Å². The van der Waals surface area contributed by atoms with Crippen LogP contribution in [0.25, 0.3) is 0 Å². The molecule has 1 unspecified atom stereocenters. The minimum atomic E-state index is -0.830. The van der Waals surface area contributed by atoms with Crippen molar-refractivity contribution >= 4 is 17.9 Å². The van der Waals surface area contributed by atoms with Crippen LogP contribution in [0.5, 0.6) is 0 Å². The van der Waals surface area contributed by atoms with Crippen molar-refractivity contribution in [3.63, 3.8) is 0 Å². The Balaban J connectivity index is 4.48. The van der Waals surface area contributed by atoms with Crippen LogP contribution in [0.15, 0.2) is 170 Å². The van der Waals surface area contributed by atoms with Crippen LogP contribution in [0.4, 0.5) is 0 Å². The molecule has 0 amide bonds. The van der Waals surface area contributed by atoms with Crippen molar-refractivity contribution in [1.29, 1.82) is 0 Å². The maximum absolute atomic E-state index is 12.9. The molecule has 0 aromatic carbocycles. The molecule has 0 aliphatic rings. The summed E-state index contributed by atoms with van der Waals surface area (Å²) in [6.45, 7) is 6.35. The van der Waals surface area contributed by atoms with Crippen molar-refractivity contribution < 1.29 is 28.6 Å². The molecule has 0 aromatic heterocycles. The fourth-order valence-corrected chi connectivity index (χ4v) is 8.77. The van der Waals surface area contributed by atoms with Gasteiger partial charge in [0, 0.05) is 19.3 Å². The largest absolute Gasteiger partial charge is 0.462 e. The molecule has 1 atom stereocenters. The summed E-state index contributed by atoms with van der Waals surface area (Å²) in [6, 6.07) is 0. The van der Waals surface area contributed by atoms with E-state index >= 15 is 0 Å². The van der Waals surface area contributed by atoms with Crippen LogP contribution in [0, 0.1) is 0 Å². The highest BCUT2D eigenvalue weighted by molar-refractivity contribution is 5.71. The van der Waals surface area contributed by atoms with E-state index < -0.39 is 6.10 Å². The Morgan fingerprint density at radius 2 is 0.482 bits per heavy atom. The molecule has 0 saturated carbocycles. The van der Waals surface area contributed by atoms with Gasteiger partial charge in [0.1, 0.15) is 13.2 Å². The Labute approximate surface area is 511 Å². The molecule has 6 nitrogen and oxygen atoms in total. The van der Waals surface area contributed by atoms with Gasteiger partial charge in [-0.2, -0.15) is 0 Å². The fourth-order valence-electron chi connectivity index (χ4n) is 8.77. The third-order valence-electron chi connectivity index (χ3n) is 13.7. The molecule has 0 saturated heterocycles. The average molecular weight is 1140 g/mol. The molecule has 0 aromatic rings. The smallest absolute Gasteiger partial charge is 0.306 e. The van der Waals surface area contributed by atoms with E-state index in [9.17, 15) is 14.4 Å². The molecule has 0 N–H and O–H groups in total. The van der Waals surface area contributed by atoms with Crippen molar-refractivity contribution in [3.8, 4) is 0 Å². The van der Waals surface area contributed by atoms with Crippen LogP contribution in [0.1, 0.15) is 278 Å². The molecule has 0 heterocycles. The lowest BCUT2D eigenvalue weighted by molar-refractivity contribution is -0.167. The number of allylic oxidation sites excluding steroid dienone is 28. The third kappa shape index (κ3) is 67.4. The molecule has 6 heteroatoms. The zero-order valence-corrected chi connectivity index (χ0v) is 53.4. The Bertz CT molecular complexity index is 1890. The number of hydrogen-bond acceptors (Lipinski definition) is 6. The standard InChI is InChI=1S/C77H122O6/c1-4-7-10-13-16-19-22-25-28-31-32-33-34-35-36-37-38-39-40-41-42-43-44-47-49-52-55-58-61-64-67-70-76(79)82-73-74(83-77(80)71-68-65-62-59-56-53-50-46-30-27-24-21-18-15-12-9-6-3)72-81-75(78)69-66-63-60-57-54-51-48-45-29-26-23-20-17-14-11-8-5-2/h7,9-10,12,16,18-19,21,25,27-28,30,32-33,35-36,38-39,41-42,44,47,50,52-53,55,59,62,74H,4-6,8,11,13-15,17,20,22-24,26,29,31,34,37,40,43,45-46,48-49,51,54,56-58,60-61,63-73H2,1-3H3/b10-7-,12-9-,19-16-,21-18-,28-25-,30-27-,33-32-,36-35-,39-38-,42-41-,47-44-,53-50-,55-52-,62-59-. The van der Waals surface area contributed by atoms with Gasteiger partial charge < -0.3 is 14.2 Å². The number of hydrogen-bond donors (Lipinski definition) is 0. The number of rotatable bonds is 59. The Hall–Kier alpha value is -5.23. The predicted molar refractivity (Wildman–Crippen MR) is 361 cm³/mol. The monoisotopic (exact) mass is 1140 g/mol. The van der Waals surface area contributed by atoms with Crippen LogP contribution in [-0.2, 0) is 28.6 Å². The van der Waals surface area contributed by atoms with E-state index in [0.717, 1.165) is 141 Å². The van der Waals surface area contributed by atoms with Gasteiger partial charge in [0.05, 0.1) is 0 Å². The predicted octanol–water partition coefficient (Wildman–Crippen LogP) is 23.4. The van der Waals surface area contributed by atoms with E-state index in [-0.39, 0.29) is 37.5 Å². The second-order valence-corrected chi connectivity index (χ2v) is 21.6. The molecule has 0 aliphatic carbocycles. The summed E-state index contributed by atoms with van der Waals surface area (Å²) in [4.78, 5) is 38.4. The Morgan fingerprint density at radius 3 is 0.771 bits per heavy atom. The van der Waals surface area contributed by atoms with Crippen molar-refractivity contribution in [2.45, 2.75) is 284 Å². The van der Waals surface area contributed by atoms with Gasteiger partial charge >= 0.3 is 17.9 Å². The summed E-state index contributed by atoms with van der Waals surface area (Å²) in [5.41, 5.74) is 0.